The van der Waals surface area contributed by atoms with Gasteiger partial charge in [0.05, 0.1) is 5.56 Å². The number of ketones is 1. The van der Waals surface area contributed by atoms with Crippen LogP contribution in [0.25, 0.3) is 10.8 Å². The maximum absolute atomic E-state index is 13.1. The van der Waals surface area contributed by atoms with Gasteiger partial charge in [0, 0.05) is 11.3 Å². The van der Waals surface area contributed by atoms with Gasteiger partial charge in [-0.25, -0.2) is 0 Å². The predicted octanol–water partition coefficient (Wildman–Crippen LogP) is 5.37. The summed E-state index contributed by atoms with van der Waals surface area (Å²) < 4.78 is 31.4. The Morgan fingerprint density at radius 2 is 1.42 bits per heavy atom. The third-order valence-electron chi connectivity index (χ3n) is 5.23. The first-order valence-electron chi connectivity index (χ1n) is 10.2. The third kappa shape index (κ3) is 4.78. The lowest BCUT2D eigenvalue weighted by Gasteiger charge is -2.14. The topological polar surface area (TPSA) is 89.5 Å². The molecule has 0 unspecified atom stereocenters. The Kier molecular flexibility index (Phi) is 5.98. The van der Waals surface area contributed by atoms with Gasteiger partial charge < -0.3 is 9.50 Å². The van der Waals surface area contributed by atoms with Crippen molar-refractivity contribution < 1.29 is 22.2 Å². The van der Waals surface area contributed by atoms with Gasteiger partial charge in [0.1, 0.15) is 4.90 Å². The fourth-order valence-electron chi connectivity index (χ4n) is 3.39. The molecule has 0 atom stereocenters. The second-order valence-electron chi connectivity index (χ2n) is 7.58. The van der Waals surface area contributed by atoms with E-state index in [2.05, 4.69) is 5.32 Å². The van der Waals surface area contributed by atoms with E-state index in [4.69, 9.17) is 4.18 Å². The lowest BCUT2D eigenvalue weighted by molar-refractivity contribution is 0.101. The molecule has 0 heterocycles. The van der Waals surface area contributed by atoms with Crippen LogP contribution in [0.3, 0.4) is 0 Å². The molecule has 0 aliphatic rings. The number of benzene rings is 4. The molecular weight excluding hydrogens is 438 g/mol. The average Bonchev–Trinajstić information content (AvgIpc) is 2.80. The lowest BCUT2D eigenvalue weighted by Crippen LogP contribution is -2.17. The van der Waals surface area contributed by atoms with Gasteiger partial charge in [-0.05, 0) is 60.5 Å². The van der Waals surface area contributed by atoms with E-state index >= 15 is 0 Å². The molecule has 4 aromatic carbocycles. The molecule has 166 valence electrons. The van der Waals surface area contributed by atoms with Gasteiger partial charge in [-0.3, -0.25) is 9.59 Å². The van der Waals surface area contributed by atoms with Crippen LogP contribution in [0.15, 0.2) is 89.8 Å². The zero-order valence-electron chi connectivity index (χ0n) is 18.0. The summed E-state index contributed by atoms with van der Waals surface area (Å²) in [4.78, 5) is 24.5. The van der Waals surface area contributed by atoms with Gasteiger partial charge in [0.15, 0.2) is 11.5 Å². The minimum atomic E-state index is -4.25. The van der Waals surface area contributed by atoms with E-state index < -0.39 is 16.0 Å². The molecule has 0 saturated heterocycles. The van der Waals surface area contributed by atoms with Gasteiger partial charge in [-0.15, -0.1) is 0 Å². The van der Waals surface area contributed by atoms with Crippen LogP contribution in [0.2, 0.25) is 0 Å². The zero-order valence-corrected chi connectivity index (χ0v) is 18.8. The number of Topliss-reactive ketones (excluding diaryl/α,β-unsaturated/α-hetero) is 1. The molecule has 4 rings (SSSR count). The van der Waals surface area contributed by atoms with E-state index in [0.29, 0.717) is 11.3 Å². The van der Waals surface area contributed by atoms with E-state index in [1.807, 2.05) is 37.3 Å². The maximum atomic E-state index is 13.1. The van der Waals surface area contributed by atoms with Crippen LogP contribution in [0.4, 0.5) is 5.69 Å². The number of rotatable bonds is 6. The summed E-state index contributed by atoms with van der Waals surface area (Å²) in [6, 6.07) is 23.2. The minimum absolute atomic E-state index is 0.0842. The fourth-order valence-corrected chi connectivity index (χ4v) is 4.33. The van der Waals surface area contributed by atoms with Crippen LogP contribution >= 0.6 is 0 Å². The van der Waals surface area contributed by atoms with Crippen molar-refractivity contribution >= 4 is 38.3 Å². The van der Waals surface area contributed by atoms with Crippen LogP contribution in [0, 0.1) is 6.92 Å². The van der Waals surface area contributed by atoms with Gasteiger partial charge in [0.25, 0.3) is 5.91 Å². The monoisotopic (exact) mass is 459 g/mol. The molecule has 0 spiro atoms. The summed E-state index contributed by atoms with van der Waals surface area (Å²) in [5.74, 6) is -0.757. The SMILES string of the molecule is CC(=O)c1ccc(S(=O)(=O)Oc2cc3ccccc3cc2C(=O)Nc2ccccc2C)cc1. The number of hydrogen-bond donors (Lipinski definition) is 1. The van der Waals surface area contributed by atoms with Crippen molar-refractivity contribution in [3.8, 4) is 5.75 Å². The van der Waals surface area contributed by atoms with Crippen LogP contribution in [-0.2, 0) is 10.1 Å². The Morgan fingerprint density at radius 3 is 2.06 bits per heavy atom. The number of aryl methyl sites for hydroxylation is 1. The zero-order chi connectivity index (χ0) is 23.6. The van der Waals surface area contributed by atoms with E-state index in [0.717, 1.165) is 16.3 Å². The van der Waals surface area contributed by atoms with Crippen molar-refractivity contribution in [1.29, 1.82) is 0 Å². The first-order valence-corrected chi connectivity index (χ1v) is 11.6. The van der Waals surface area contributed by atoms with Crippen LogP contribution in [0.1, 0.15) is 33.2 Å². The van der Waals surface area contributed by atoms with Crippen molar-refractivity contribution in [3.05, 3.63) is 102 Å². The number of anilines is 1. The molecule has 1 amide bonds. The number of nitrogens with one attached hydrogen (secondary N) is 1. The highest BCUT2D eigenvalue weighted by Gasteiger charge is 2.22. The highest BCUT2D eigenvalue weighted by molar-refractivity contribution is 7.87. The molecule has 0 aliphatic heterocycles. The first kappa shape index (κ1) is 22.2. The van der Waals surface area contributed by atoms with Gasteiger partial charge in [-0.2, -0.15) is 8.42 Å². The smallest absolute Gasteiger partial charge is 0.339 e. The molecule has 7 heteroatoms. The Labute approximate surface area is 192 Å². The van der Waals surface area contributed by atoms with Crippen LogP contribution < -0.4 is 9.50 Å². The number of hydrogen-bond acceptors (Lipinski definition) is 5. The van der Waals surface area contributed by atoms with Gasteiger partial charge in [0.2, 0.25) is 0 Å². The highest BCUT2D eigenvalue weighted by Crippen LogP contribution is 2.30. The van der Waals surface area contributed by atoms with Crippen molar-refractivity contribution in [3.63, 3.8) is 0 Å². The molecule has 0 aliphatic carbocycles. The Morgan fingerprint density at radius 1 is 0.818 bits per heavy atom. The maximum Gasteiger partial charge on any atom is 0.339 e. The summed E-state index contributed by atoms with van der Waals surface area (Å²) in [7, 11) is -4.25. The summed E-state index contributed by atoms with van der Waals surface area (Å²) in [5, 5.41) is 4.32. The Balaban J connectivity index is 1.75. The molecule has 0 fully saturated rings. The minimum Gasteiger partial charge on any atom is -0.378 e. The Hall–Kier alpha value is -3.97. The number of para-hydroxylation sites is 1. The molecule has 6 nitrogen and oxygen atoms in total. The van der Waals surface area contributed by atoms with E-state index in [9.17, 15) is 18.0 Å². The second-order valence-corrected chi connectivity index (χ2v) is 9.13. The normalized spacial score (nSPS) is 11.2. The van der Waals surface area contributed by atoms with E-state index in [1.165, 1.54) is 37.3 Å². The summed E-state index contributed by atoms with van der Waals surface area (Å²) in [6.07, 6.45) is 0. The number of carbonyl (C=O) groups is 2. The summed E-state index contributed by atoms with van der Waals surface area (Å²) in [5.41, 5.74) is 1.95. The van der Waals surface area contributed by atoms with Crippen molar-refractivity contribution in [2.75, 3.05) is 5.32 Å². The van der Waals surface area contributed by atoms with Crippen LogP contribution in [0.5, 0.6) is 5.75 Å². The van der Waals surface area contributed by atoms with E-state index in [-0.39, 0.29) is 22.0 Å². The van der Waals surface area contributed by atoms with E-state index in [1.54, 1.807) is 24.3 Å². The molecule has 4 aromatic rings. The molecule has 0 bridgehead atoms. The molecule has 0 radical (unpaired) electrons. The van der Waals surface area contributed by atoms with Gasteiger partial charge in [-0.1, -0.05) is 54.6 Å². The molecule has 0 saturated carbocycles. The lowest BCUT2D eigenvalue weighted by atomic mass is 10.1. The summed E-state index contributed by atoms with van der Waals surface area (Å²) >= 11 is 0. The number of carbonyl (C=O) groups excluding carboxylic acids is 2. The van der Waals surface area contributed by atoms with Gasteiger partial charge >= 0.3 is 10.1 Å². The molecule has 0 aromatic heterocycles. The highest BCUT2D eigenvalue weighted by atomic mass is 32.2. The standard InChI is InChI=1S/C26H21NO5S/c1-17-7-3-6-10-24(17)27-26(29)23-15-20-8-4-5-9-21(20)16-25(23)32-33(30,31)22-13-11-19(12-14-22)18(2)28/h3-16H,1-2H3,(H,27,29). The average molecular weight is 460 g/mol. The largest absolute Gasteiger partial charge is 0.378 e. The molecule has 33 heavy (non-hydrogen) atoms. The predicted molar refractivity (Wildman–Crippen MR) is 127 cm³/mol. The fraction of sp³-hybridized carbons (Fsp3) is 0.0769. The van der Waals surface area contributed by atoms with Crippen molar-refractivity contribution in [2.24, 2.45) is 0 Å². The molecule has 1 N–H and O–H groups in total. The molecular formula is C26H21NO5S. The third-order valence-corrected chi connectivity index (χ3v) is 6.48. The van der Waals surface area contributed by atoms with Crippen LogP contribution in [-0.4, -0.2) is 20.1 Å². The first-order chi connectivity index (χ1) is 15.7. The quantitative estimate of drug-likeness (QED) is 0.309. The Bertz CT molecular complexity index is 1470. The summed E-state index contributed by atoms with van der Waals surface area (Å²) in [6.45, 7) is 3.26. The second kappa shape index (κ2) is 8.88. The van der Waals surface area contributed by atoms with Crippen molar-refractivity contribution in [1.82, 2.24) is 0 Å². The van der Waals surface area contributed by atoms with Crippen molar-refractivity contribution in [2.45, 2.75) is 18.7 Å². The number of fused-ring (bicyclic) bond motifs is 1. The number of amides is 1.